The van der Waals surface area contributed by atoms with Gasteiger partial charge in [-0.15, -0.1) is 10.2 Å². The summed E-state index contributed by atoms with van der Waals surface area (Å²) in [7, 11) is -3.72. The first-order valence-corrected chi connectivity index (χ1v) is 7.55. The second-order valence-electron chi connectivity index (χ2n) is 4.29. The molecule has 0 atom stereocenters. The zero-order valence-corrected chi connectivity index (χ0v) is 11.7. The first-order valence-electron chi connectivity index (χ1n) is 5.73. The van der Waals surface area contributed by atoms with E-state index in [1.807, 2.05) is 0 Å². The molecule has 0 bridgehead atoms. The Balaban J connectivity index is 1.97. The van der Waals surface area contributed by atoms with E-state index < -0.39 is 15.6 Å². The second-order valence-corrected chi connectivity index (χ2v) is 6.64. The highest BCUT2D eigenvalue weighted by atomic mass is 35.5. The number of nitrogens with zero attached hydrogens (tertiary/aromatic N) is 4. The van der Waals surface area contributed by atoms with E-state index in [-0.39, 0.29) is 16.5 Å². The number of sulfonamides is 1. The maximum absolute atomic E-state index is 12.5. The Morgan fingerprint density at radius 2 is 2.15 bits per heavy atom. The largest absolute Gasteiger partial charge is 0.326 e. The number of aromatic nitrogens is 4. The fourth-order valence-electron chi connectivity index (χ4n) is 1.99. The van der Waals surface area contributed by atoms with Crippen LogP contribution in [0.25, 0.3) is 0 Å². The van der Waals surface area contributed by atoms with Crippen LogP contribution >= 0.6 is 11.6 Å². The minimum atomic E-state index is -3.72. The molecule has 0 unspecified atom stereocenters. The molecule has 1 aliphatic heterocycles. The highest BCUT2D eigenvalue weighted by molar-refractivity contribution is 7.89. The Morgan fingerprint density at radius 3 is 2.90 bits per heavy atom. The number of hydrogen-bond acceptors (Lipinski definition) is 5. The van der Waals surface area contributed by atoms with Crippen LogP contribution in [0.5, 0.6) is 0 Å². The summed E-state index contributed by atoms with van der Waals surface area (Å²) in [5.74, 6) is 0.579. The summed E-state index contributed by atoms with van der Waals surface area (Å²) in [6.45, 7) is 0.932. The summed E-state index contributed by atoms with van der Waals surface area (Å²) in [5, 5.41) is 7.45. The maximum Gasteiger partial charge on any atom is 0.266 e. The summed E-state index contributed by atoms with van der Waals surface area (Å²) < 4.78 is 28.0. The number of aromatic amines is 1. The van der Waals surface area contributed by atoms with E-state index in [4.69, 9.17) is 11.6 Å². The van der Waals surface area contributed by atoms with Crippen LogP contribution in [0.15, 0.2) is 28.3 Å². The van der Waals surface area contributed by atoms with Crippen molar-refractivity contribution < 1.29 is 8.42 Å². The van der Waals surface area contributed by atoms with Crippen LogP contribution in [-0.2, 0) is 23.1 Å². The van der Waals surface area contributed by atoms with Crippen molar-refractivity contribution in [1.29, 1.82) is 0 Å². The van der Waals surface area contributed by atoms with Crippen molar-refractivity contribution in [3.8, 4) is 0 Å². The van der Waals surface area contributed by atoms with Crippen molar-refractivity contribution in [3.05, 3.63) is 39.8 Å². The Morgan fingerprint density at radius 1 is 1.35 bits per heavy atom. The molecule has 1 aliphatic rings. The van der Waals surface area contributed by atoms with Crippen LogP contribution in [0, 0.1) is 0 Å². The predicted molar refractivity (Wildman–Crippen MR) is 69.7 cm³/mol. The number of rotatable bonds is 2. The fourth-order valence-corrected chi connectivity index (χ4v) is 3.60. The van der Waals surface area contributed by atoms with Gasteiger partial charge in [0.25, 0.3) is 5.56 Å². The molecule has 0 aromatic carbocycles. The van der Waals surface area contributed by atoms with Gasteiger partial charge in [0.1, 0.15) is 17.2 Å². The summed E-state index contributed by atoms with van der Waals surface area (Å²) in [4.78, 5) is 13.4. The number of halogens is 1. The van der Waals surface area contributed by atoms with Gasteiger partial charge in [0, 0.05) is 19.3 Å². The van der Waals surface area contributed by atoms with Gasteiger partial charge in [-0.05, 0) is 6.07 Å². The lowest BCUT2D eigenvalue weighted by atomic mass is 10.4. The molecule has 0 saturated heterocycles. The lowest BCUT2D eigenvalue weighted by molar-refractivity contribution is 0.335. The Kier molecular flexibility index (Phi) is 3.11. The summed E-state index contributed by atoms with van der Waals surface area (Å²) in [5.41, 5.74) is -0.524. The third kappa shape index (κ3) is 2.13. The molecule has 10 heteroatoms. The summed E-state index contributed by atoms with van der Waals surface area (Å²) in [6, 6.07) is 1.15. The minimum absolute atomic E-state index is 0.0462. The lowest BCUT2D eigenvalue weighted by Gasteiger charge is -2.26. The quantitative estimate of drug-likeness (QED) is 0.828. The van der Waals surface area contributed by atoms with Crippen molar-refractivity contribution >= 4 is 21.6 Å². The van der Waals surface area contributed by atoms with E-state index in [0.717, 1.165) is 12.3 Å². The molecule has 20 heavy (non-hydrogen) atoms. The molecule has 0 fully saturated rings. The third-order valence-electron chi connectivity index (χ3n) is 3.07. The molecule has 0 amide bonds. The van der Waals surface area contributed by atoms with Crippen LogP contribution < -0.4 is 5.56 Å². The molecule has 3 rings (SSSR count). The number of fused-ring (bicyclic) bond motifs is 1. The van der Waals surface area contributed by atoms with Crippen LogP contribution in [0.2, 0.25) is 5.02 Å². The highest BCUT2D eigenvalue weighted by Gasteiger charge is 2.29. The zero-order chi connectivity index (χ0) is 14.3. The number of pyridine rings is 1. The van der Waals surface area contributed by atoms with E-state index >= 15 is 0 Å². The van der Waals surface area contributed by atoms with Gasteiger partial charge in [-0.25, -0.2) is 8.42 Å². The van der Waals surface area contributed by atoms with E-state index in [9.17, 15) is 13.2 Å². The predicted octanol–water partition coefficient (Wildman–Crippen LogP) is -0.176. The Bertz CT molecular complexity index is 812. The molecule has 1 N–H and O–H groups in total. The summed E-state index contributed by atoms with van der Waals surface area (Å²) >= 11 is 5.67. The molecule has 2 aromatic heterocycles. The molecule has 8 nitrogen and oxygen atoms in total. The van der Waals surface area contributed by atoms with Gasteiger partial charge in [0.15, 0.2) is 0 Å². The zero-order valence-electron chi connectivity index (χ0n) is 10.2. The van der Waals surface area contributed by atoms with E-state index in [1.165, 1.54) is 4.31 Å². The monoisotopic (exact) mass is 315 g/mol. The van der Waals surface area contributed by atoms with Crippen LogP contribution in [-0.4, -0.2) is 39.0 Å². The number of hydrogen-bond donors (Lipinski definition) is 1. The molecule has 0 radical (unpaired) electrons. The highest BCUT2D eigenvalue weighted by Crippen LogP contribution is 2.20. The topological polar surface area (TPSA) is 101 Å². The first-order chi connectivity index (χ1) is 9.48. The van der Waals surface area contributed by atoms with E-state index in [0.29, 0.717) is 18.9 Å². The van der Waals surface area contributed by atoms with Crippen LogP contribution in [0.4, 0.5) is 0 Å². The van der Waals surface area contributed by atoms with Gasteiger partial charge in [0.2, 0.25) is 10.0 Å². The second kappa shape index (κ2) is 4.69. The molecular formula is C10H10ClN5O3S. The maximum atomic E-state index is 12.5. The molecule has 0 saturated carbocycles. The molecule has 2 aromatic rings. The molecular weight excluding hydrogens is 306 g/mol. The normalized spacial score (nSPS) is 16.1. The molecule has 3 heterocycles. The SMILES string of the molecule is O=c1[nH]cc(S(=O)(=O)N2CCn3cnnc3C2)cc1Cl. The van der Waals surface area contributed by atoms with Gasteiger partial charge in [0.05, 0.1) is 11.4 Å². The standard InChI is InChI=1S/C10H10ClN5O3S/c11-8-3-7(4-12-10(8)17)20(18,19)16-2-1-15-6-13-14-9(15)5-16/h3-4,6H,1-2,5H2,(H,12,17). The van der Waals surface area contributed by atoms with Gasteiger partial charge in [-0.2, -0.15) is 4.31 Å². The Labute approximate surface area is 119 Å². The van der Waals surface area contributed by atoms with Crippen molar-refractivity contribution in [2.45, 2.75) is 18.0 Å². The van der Waals surface area contributed by atoms with Gasteiger partial charge in [-0.1, -0.05) is 11.6 Å². The molecule has 0 aliphatic carbocycles. The molecule has 106 valence electrons. The average Bonchev–Trinajstić information content (AvgIpc) is 2.89. The lowest BCUT2D eigenvalue weighted by Crippen LogP contribution is -2.38. The van der Waals surface area contributed by atoms with Crippen molar-refractivity contribution in [2.75, 3.05) is 6.54 Å². The van der Waals surface area contributed by atoms with Crippen molar-refractivity contribution in [3.63, 3.8) is 0 Å². The Hall–Kier alpha value is -1.71. The van der Waals surface area contributed by atoms with Gasteiger partial charge >= 0.3 is 0 Å². The number of H-pyrrole nitrogens is 1. The first kappa shape index (κ1) is 13.3. The van der Waals surface area contributed by atoms with E-state index in [2.05, 4.69) is 15.2 Å². The third-order valence-corrected chi connectivity index (χ3v) is 5.18. The van der Waals surface area contributed by atoms with Crippen LogP contribution in [0.3, 0.4) is 0 Å². The van der Waals surface area contributed by atoms with Crippen molar-refractivity contribution in [1.82, 2.24) is 24.1 Å². The van der Waals surface area contributed by atoms with E-state index in [1.54, 1.807) is 10.9 Å². The summed E-state index contributed by atoms with van der Waals surface area (Å²) in [6.07, 6.45) is 2.71. The molecule has 0 spiro atoms. The minimum Gasteiger partial charge on any atom is -0.326 e. The smallest absolute Gasteiger partial charge is 0.266 e. The fraction of sp³-hybridized carbons (Fsp3) is 0.300. The van der Waals surface area contributed by atoms with Crippen LogP contribution in [0.1, 0.15) is 5.82 Å². The average molecular weight is 316 g/mol. The van der Waals surface area contributed by atoms with Crippen molar-refractivity contribution in [2.24, 2.45) is 0 Å². The van der Waals surface area contributed by atoms with Gasteiger partial charge in [-0.3, -0.25) is 4.79 Å². The number of nitrogens with one attached hydrogen (secondary N) is 1. The van der Waals surface area contributed by atoms with Gasteiger partial charge < -0.3 is 9.55 Å².